The molecular weight excluding hydrogens is 320 g/mol. The first-order valence-electron chi connectivity index (χ1n) is 7.05. The van der Waals surface area contributed by atoms with Crippen LogP contribution in [0.25, 0.3) is 0 Å². The van der Waals surface area contributed by atoms with Crippen molar-refractivity contribution in [3.8, 4) is 0 Å². The molecule has 3 N–H and O–H groups in total. The van der Waals surface area contributed by atoms with Crippen molar-refractivity contribution in [3.05, 3.63) is 34.3 Å². The van der Waals surface area contributed by atoms with E-state index in [2.05, 4.69) is 38.7 Å². The number of aliphatic hydroxyl groups excluding tert-OH is 1. The zero-order valence-electron chi connectivity index (χ0n) is 11.5. The van der Waals surface area contributed by atoms with Crippen LogP contribution in [-0.2, 0) is 5.41 Å². The van der Waals surface area contributed by atoms with Crippen LogP contribution in [0.1, 0.15) is 31.2 Å². The van der Waals surface area contributed by atoms with Gasteiger partial charge in [-0.3, -0.25) is 0 Å². The number of benzene rings is 1. The molecule has 0 atom stereocenters. The molecule has 0 heterocycles. The first-order valence-corrected chi connectivity index (χ1v) is 7.84. The van der Waals surface area contributed by atoms with Crippen LogP contribution in [0.5, 0.6) is 0 Å². The van der Waals surface area contributed by atoms with Crippen molar-refractivity contribution in [2.45, 2.75) is 31.1 Å². The molecule has 0 radical (unpaired) electrons. The highest BCUT2D eigenvalue weighted by molar-refractivity contribution is 9.10. The third-order valence-electron chi connectivity index (χ3n) is 3.96. The molecule has 1 aliphatic rings. The smallest absolute Gasteiger partial charge is 0.314 e. The van der Waals surface area contributed by atoms with E-state index in [0.717, 1.165) is 17.3 Å². The predicted molar refractivity (Wildman–Crippen MR) is 82.8 cm³/mol. The average Bonchev–Trinajstić information content (AvgIpc) is 2.38. The first-order chi connectivity index (χ1) is 9.66. The molecule has 0 aliphatic heterocycles. The summed E-state index contributed by atoms with van der Waals surface area (Å²) in [6, 6.07) is 8.19. The monoisotopic (exact) mass is 340 g/mol. The Balaban J connectivity index is 1.90. The minimum atomic E-state index is -0.153. The maximum atomic E-state index is 11.7. The summed E-state index contributed by atoms with van der Waals surface area (Å²) < 4.78 is 1.08. The molecule has 0 aromatic heterocycles. The lowest BCUT2D eigenvalue weighted by molar-refractivity contribution is 0.213. The van der Waals surface area contributed by atoms with Crippen LogP contribution in [0.3, 0.4) is 0 Å². The summed E-state index contributed by atoms with van der Waals surface area (Å²) in [7, 11) is 0. The van der Waals surface area contributed by atoms with Gasteiger partial charge in [-0.15, -0.1) is 0 Å². The van der Waals surface area contributed by atoms with Crippen molar-refractivity contribution in [1.82, 2.24) is 10.6 Å². The Labute approximate surface area is 128 Å². The lowest BCUT2D eigenvalue weighted by atomic mass is 9.64. The van der Waals surface area contributed by atoms with Gasteiger partial charge in [0.2, 0.25) is 0 Å². The van der Waals surface area contributed by atoms with Crippen LogP contribution >= 0.6 is 15.9 Å². The fourth-order valence-corrected chi connectivity index (χ4v) is 2.98. The Morgan fingerprint density at radius 2 is 2.15 bits per heavy atom. The molecule has 2 amide bonds. The van der Waals surface area contributed by atoms with Gasteiger partial charge < -0.3 is 15.7 Å². The number of urea groups is 1. The summed E-state index contributed by atoms with van der Waals surface area (Å²) in [4.78, 5) is 11.7. The Kier molecular flexibility index (Phi) is 5.43. The summed E-state index contributed by atoms with van der Waals surface area (Å²) in [6.45, 7) is 1.27. The van der Waals surface area contributed by atoms with Crippen molar-refractivity contribution in [3.63, 3.8) is 0 Å². The Morgan fingerprint density at radius 1 is 1.35 bits per heavy atom. The molecule has 1 aromatic carbocycles. The number of hydrogen-bond donors (Lipinski definition) is 3. The van der Waals surface area contributed by atoms with Crippen molar-refractivity contribution in [2.75, 3.05) is 19.7 Å². The number of halogens is 1. The van der Waals surface area contributed by atoms with E-state index in [1.54, 1.807) is 0 Å². The number of nitrogens with one attached hydrogen (secondary N) is 2. The lowest BCUT2D eigenvalue weighted by Crippen LogP contribution is -2.48. The van der Waals surface area contributed by atoms with Gasteiger partial charge in [-0.05, 0) is 37.0 Å². The third kappa shape index (κ3) is 3.73. The highest BCUT2D eigenvalue weighted by Gasteiger charge is 2.38. The molecule has 1 fully saturated rings. The van der Waals surface area contributed by atoms with Crippen LogP contribution in [0, 0.1) is 0 Å². The van der Waals surface area contributed by atoms with Gasteiger partial charge in [-0.25, -0.2) is 4.79 Å². The normalized spacial score (nSPS) is 16.3. The second kappa shape index (κ2) is 7.09. The summed E-state index contributed by atoms with van der Waals surface area (Å²) in [6.07, 6.45) is 4.02. The van der Waals surface area contributed by atoms with Crippen molar-refractivity contribution < 1.29 is 9.90 Å². The highest BCUT2D eigenvalue weighted by atomic mass is 79.9. The predicted octanol–water partition coefficient (Wildman–Crippen LogP) is 2.55. The minimum absolute atomic E-state index is 0.0814. The first kappa shape index (κ1) is 15.3. The van der Waals surface area contributed by atoms with E-state index in [4.69, 9.17) is 5.11 Å². The standard InChI is InChI=1S/C15H21BrN2O2/c16-13-5-1-4-12(10-13)15(6-2-7-15)11-18-14(20)17-8-3-9-19/h1,4-5,10,19H,2-3,6-9,11H2,(H2,17,18,20). The number of rotatable bonds is 6. The van der Waals surface area contributed by atoms with Crippen LogP contribution in [-0.4, -0.2) is 30.8 Å². The Morgan fingerprint density at radius 3 is 2.75 bits per heavy atom. The van der Waals surface area contributed by atoms with E-state index in [1.165, 1.54) is 12.0 Å². The van der Waals surface area contributed by atoms with Crippen molar-refractivity contribution in [2.24, 2.45) is 0 Å². The second-order valence-electron chi connectivity index (χ2n) is 5.33. The second-order valence-corrected chi connectivity index (χ2v) is 6.25. The SMILES string of the molecule is O=C(NCCCO)NCC1(c2cccc(Br)c2)CCC1. The molecule has 1 aromatic rings. The van der Waals surface area contributed by atoms with E-state index < -0.39 is 0 Å². The number of aliphatic hydroxyl groups is 1. The van der Waals surface area contributed by atoms with Crippen molar-refractivity contribution in [1.29, 1.82) is 0 Å². The third-order valence-corrected chi connectivity index (χ3v) is 4.45. The number of hydrogen-bond acceptors (Lipinski definition) is 2. The molecule has 0 unspecified atom stereocenters. The molecule has 4 nitrogen and oxygen atoms in total. The molecule has 1 aliphatic carbocycles. The molecule has 0 saturated heterocycles. The Hall–Kier alpha value is -1.07. The number of amides is 2. The molecule has 5 heteroatoms. The number of carbonyl (C=O) groups excluding carboxylic acids is 1. The van der Waals surface area contributed by atoms with Gasteiger partial charge in [0.05, 0.1) is 0 Å². The topological polar surface area (TPSA) is 61.4 Å². The van der Waals surface area contributed by atoms with Gasteiger partial charge in [0, 0.05) is 29.6 Å². The van der Waals surface area contributed by atoms with Crippen LogP contribution in [0.15, 0.2) is 28.7 Å². The fraction of sp³-hybridized carbons (Fsp3) is 0.533. The molecule has 110 valence electrons. The van der Waals surface area contributed by atoms with Crippen molar-refractivity contribution >= 4 is 22.0 Å². The molecule has 0 bridgehead atoms. The molecular formula is C15H21BrN2O2. The summed E-state index contributed by atoms with van der Waals surface area (Å²) in [5.41, 5.74) is 1.37. The van der Waals surface area contributed by atoms with Gasteiger partial charge in [0.15, 0.2) is 0 Å². The zero-order valence-corrected chi connectivity index (χ0v) is 13.1. The summed E-state index contributed by atoms with van der Waals surface area (Å²) in [5.74, 6) is 0. The average molecular weight is 341 g/mol. The van der Waals surface area contributed by atoms with E-state index in [-0.39, 0.29) is 18.1 Å². The lowest BCUT2D eigenvalue weighted by Gasteiger charge is -2.42. The number of carbonyl (C=O) groups is 1. The maximum Gasteiger partial charge on any atom is 0.314 e. The minimum Gasteiger partial charge on any atom is -0.396 e. The van der Waals surface area contributed by atoms with E-state index in [0.29, 0.717) is 19.5 Å². The van der Waals surface area contributed by atoms with Gasteiger partial charge in [-0.2, -0.15) is 0 Å². The summed E-state index contributed by atoms with van der Waals surface area (Å²) >= 11 is 3.51. The van der Waals surface area contributed by atoms with Crippen LogP contribution in [0.2, 0.25) is 0 Å². The molecule has 0 spiro atoms. The van der Waals surface area contributed by atoms with Gasteiger partial charge >= 0.3 is 6.03 Å². The summed E-state index contributed by atoms with van der Waals surface area (Å²) in [5, 5.41) is 14.4. The molecule has 2 rings (SSSR count). The highest BCUT2D eigenvalue weighted by Crippen LogP contribution is 2.43. The zero-order chi connectivity index (χ0) is 14.4. The van der Waals surface area contributed by atoms with E-state index in [9.17, 15) is 4.79 Å². The fourth-order valence-electron chi connectivity index (χ4n) is 2.58. The van der Waals surface area contributed by atoms with Gasteiger partial charge in [0.1, 0.15) is 0 Å². The quantitative estimate of drug-likeness (QED) is 0.697. The van der Waals surface area contributed by atoms with Crippen LogP contribution in [0.4, 0.5) is 4.79 Å². The van der Waals surface area contributed by atoms with Crippen LogP contribution < -0.4 is 10.6 Å². The van der Waals surface area contributed by atoms with E-state index in [1.807, 2.05) is 12.1 Å². The molecule has 1 saturated carbocycles. The van der Waals surface area contributed by atoms with Gasteiger partial charge in [0.25, 0.3) is 0 Å². The van der Waals surface area contributed by atoms with Gasteiger partial charge in [-0.1, -0.05) is 34.5 Å². The Bertz CT molecular complexity index is 461. The maximum absolute atomic E-state index is 11.7. The largest absolute Gasteiger partial charge is 0.396 e. The molecule has 20 heavy (non-hydrogen) atoms. The van der Waals surface area contributed by atoms with E-state index >= 15 is 0 Å².